The topological polar surface area (TPSA) is 84.3 Å². The zero-order valence-electron chi connectivity index (χ0n) is 19.0. The molecule has 2 heterocycles. The smallest absolute Gasteiger partial charge is 0.304 e. The van der Waals surface area contributed by atoms with Crippen molar-refractivity contribution in [1.29, 1.82) is 0 Å². The van der Waals surface area contributed by atoms with Gasteiger partial charge in [0.1, 0.15) is 12.4 Å². The molecule has 0 radical (unpaired) electrons. The summed E-state index contributed by atoms with van der Waals surface area (Å²) >= 11 is 5.71. The maximum atomic E-state index is 14.3. The van der Waals surface area contributed by atoms with Crippen LogP contribution >= 0.6 is 11.6 Å². The van der Waals surface area contributed by atoms with E-state index in [0.29, 0.717) is 32.7 Å². The number of unbranched alkanes of at least 4 members (excludes halogenated alkanes) is 2. The normalized spacial score (nSPS) is 18.4. The summed E-state index contributed by atoms with van der Waals surface area (Å²) < 4.78 is 48.2. The number of aromatic nitrogens is 1. The van der Waals surface area contributed by atoms with Crippen LogP contribution in [0.2, 0.25) is 5.15 Å². The van der Waals surface area contributed by atoms with Crippen molar-refractivity contribution in [3.05, 3.63) is 52.6 Å². The second-order valence-electron chi connectivity index (χ2n) is 8.10. The Morgan fingerprint density at radius 3 is 2.85 bits per heavy atom. The summed E-state index contributed by atoms with van der Waals surface area (Å²) in [6, 6.07) is 7.35. The number of benzene rings is 1. The Labute approximate surface area is 204 Å². The first-order valence-corrected chi connectivity index (χ1v) is 13.2. The molecule has 1 fully saturated rings. The number of rotatable bonds is 10. The molecule has 1 aliphatic heterocycles. The van der Waals surface area contributed by atoms with Crippen molar-refractivity contribution in [2.75, 3.05) is 37.2 Å². The van der Waals surface area contributed by atoms with Gasteiger partial charge in [-0.05, 0) is 68.9 Å². The molecule has 4 rings (SSSR count). The van der Waals surface area contributed by atoms with Gasteiger partial charge < -0.3 is 9.57 Å². The molecule has 0 N–H and O–H groups in total. The molecule has 1 aromatic heterocycles. The standard InChI is InChI=1S/C23H28ClFN4O4S/c1-2-33-27-20-9-6-17-16-18(7-8-19(17)20)32-15-5-3-4-12-28-13-14-29(34(28,30)31)21-10-11-26-23(24)22(21)25/h7-8,10-11,16H,2-6,9,12-15H2,1H3/b27-20+. The quantitative estimate of drug-likeness (QED) is 0.272. The lowest BCUT2D eigenvalue weighted by Crippen LogP contribution is -2.34. The van der Waals surface area contributed by atoms with Crippen molar-refractivity contribution in [3.63, 3.8) is 0 Å². The Morgan fingerprint density at radius 1 is 1.18 bits per heavy atom. The van der Waals surface area contributed by atoms with Gasteiger partial charge in [-0.2, -0.15) is 12.7 Å². The first kappa shape index (κ1) is 24.7. The fraction of sp³-hybridized carbons (Fsp3) is 0.478. The van der Waals surface area contributed by atoms with Crippen LogP contribution in [0.5, 0.6) is 5.75 Å². The van der Waals surface area contributed by atoms with E-state index in [0.717, 1.165) is 47.0 Å². The molecule has 1 saturated heterocycles. The molecule has 0 saturated carbocycles. The summed E-state index contributed by atoms with van der Waals surface area (Å²) in [6.07, 6.45) is 5.41. The third-order valence-corrected chi connectivity index (χ3v) is 8.11. The molecule has 0 atom stereocenters. The third kappa shape index (κ3) is 5.29. The van der Waals surface area contributed by atoms with Crippen LogP contribution in [0.1, 0.15) is 43.7 Å². The summed E-state index contributed by atoms with van der Waals surface area (Å²) in [5, 5.41) is 3.84. The van der Waals surface area contributed by atoms with Crippen molar-refractivity contribution in [3.8, 4) is 5.75 Å². The van der Waals surface area contributed by atoms with E-state index >= 15 is 0 Å². The molecule has 0 amide bonds. The summed E-state index contributed by atoms with van der Waals surface area (Å²) in [5.74, 6) is 0.00306. The highest BCUT2D eigenvalue weighted by molar-refractivity contribution is 7.90. The van der Waals surface area contributed by atoms with Gasteiger partial charge in [0.15, 0.2) is 11.0 Å². The minimum absolute atomic E-state index is 0.0680. The van der Waals surface area contributed by atoms with Gasteiger partial charge in [-0.15, -0.1) is 0 Å². The zero-order valence-corrected chi connectivity index (χ0v) is 20.6. The van der Waals surface area contributed by atoms with Crippen LogP contribution in [0, 0.1) is 5.82 Å². The number of oxime groups is 1. The zero-order chi connectivity index (χ0) is 24.1. The molecular formula is C23H28ClFN4O4S. The van der Waals surface area contributed by atoms with Crippen LogP contribution < -0.4 is 9.04 Å². The molecule has 0 spiro atoms. The lowest BCUT2D eigenvalue weighted by Gasteiger charge is -2.20. The van der Waals surface area contributed by atoms with E-state index in [9.17, 15) is 12.8 Å². The Kier molecular flexibility index (Phi) is 7.90. The predicted octanol–water partition coefficient (Wildman–Crippen LogP) is 4.18. The number of nitrogens with zero attached hydrogens (tertiary/aromatic N) is 4. The van der Waals surface area contributed by atoms with Crippen molar-refractivity contribution >= 4 is 33.2 Å². The molecule has 2 aromatic rings. The van der Waals surface area contributed by atoms with Crippen LogP contribution in [0.3, 0.4) is 0 Å². The molecule has 34 heavy (non-hydrogen) atoms. The Bertz CT molecular complexity index is 1160. The number of hydrogen-bond donors (Lipinski definition) is 0. The lowest BCUT2D eigenvalue weighted by atomic mass is 10.1. The summed E-state index contributed by atoms with van der Waals surface area (Å²) in [5.41, 5.74) is 3.25. The van der Waals surface area contributed by atoms with E-state index in [1.807, 2.05) is 19.1 Å². The highest BCUT2D eigenvalue weighted by Gasteiger charge is 2.37. The largest absolute Gasteiger partial charge is 0.494 e. The predicted molar refractivity (Wildman–Crippen MR) is 129 cm³/mol. The average molecular weight is 511 g/mol. The number of ether oxygens (including phenoxy) is 1. The highest BCUT2D eigenvalue weighted by Crippen LogP contribution is 2.30. The maximum absolute atomic E-state index is 14.3. The number of anilines is 1. The van der Waals surface area contributed by atoms with E-state index in [-0.39, 0.29) is 17.4 Å². The third-order valence-electron chi connectivity index (χ3n) is 5.90. The monoisotopic (exact) mass is 510 g/mol. The van der Waals surface area contributed by atoms with Crippen LogP contribution in [0.4, 0.5) is 10.1 Å². The SMILES string of the molecule is CCO/N=C1\CCc2cc(OCCCCCN3CCN(c4ccnc(Cl)c4F)S3(=O)=O)ccc21. The second kappa shape index (κ2) is 10.9. The van der Waals surface area contributed by atoms with E-state index < -0.39 is 16.0 Å². The van der Waals surface area contributed by atoms with Gasteiger partial charge in [0.05, 0.1) is 18.0 Å². The Morgan fingerprint density at radius 2 is 2.03 bits per heavy atom. The van der Waals surface area contributed by atoms with E-state index in [4.69, 9.17) is 21.2 Å². The molecule has 0 bridgehead atoms. The van der Waals surface area contributed by atoms with E-state index in [1.54, 1.807) is 0 Å². The van der Waals surface area contributed by atoms with Gasteiger partial charge in [-0.3, -0.25) is 4.31 Å². The fourth-order valence-electron chi connectivity index (χ4n) is 4.18. The summed E-state index contributed by atoms with van der Waals surface area (Å²) in [4.78, 5) is 8.83. The second-order valence-corrected chi connectivity index (χ2v) is 10.3. The van der Waals surface area contributed by atoms with Crippen molar-refractivity contribution in [1.82, 2.24) is 9.29 Å². The van der Waals surface area contributed by atoms with Gasteiger partial charge in [-0.1, -0.05) is 16.8 Å². The van der Waals surface area contributed by atoms with Gasteiger partial charge >= 0.3 is 10.2 Å². The average Bonchev–Trinajstić information content (AvgIpc) is 3.36. The van der Waals surface area contributed by atoms with Gasteiger partial charge in [-0.25, -0.2) is 9.37 Å². The summed E-state index contributed by atoms with van der Waals surface area (Å²) in [6.45, 7) is 3.88. The van der Waals surface area contributed by atoms with Crippen molar-refractivity contribution in [2.45, 2.75) is 39.0 Å². The molecule has 11 heteroatoms. The van der Waals surface area contributed by atoms with Crippen molar-refractivity contribution < 1.29 is 22.4 Å². The molecule has 1 aromatic carbocycles. The van der Waals surface area contributed by atoms with Gasteiger partial charge in [0, 0.05) is 31.4 Å². The van der Waals surface area contributed by atoms with Crippen molar-refractivity contribution in [2.24, 2.45) is 5.16 Å². The number of fused-ring (bicyclic) bond motifs is 1. The summed E-state index contributed by atoms with van der Waals surface area (Å²) in [7, 11) is -3.78. The molecule has 184 valence electrons. The minimum atomic E-state index is -3.78. The van der Waals surface area contributed by atoms with Crippen LogP contribution in [0.25, 0.3) is 0 Å². The highest BCUT2D eigenvalue weighted by atomic mass is 35.5. The van der Waals surface area contributed by atoms with Gasteiger partial charge in [0.25, 0.3) is 0 Å². The Balaban J connectivity index is 1.21. The number of aryl methyl sites for hydroxylation is 1. The molecular weight excluding hydrogens is 483 g/mol. The molecule has 2 aliphatic rings. The fourth-order valence-corrected chi connectivity index (χ4v) is 5.98. The van der Waals surface area contributed by atoms with E-state index in [1.165, 1.54) is 22.1 Å². The van der Waals surface area contributed by atoms with Gasteiger partial charge in [0.2, 0.25) is 0 Å². The van der Waals surface area contributed by atoms with Crippen LogP contribution in [0.15, 0.2) is 35.6 Å². The lowest BCUT2D eigenvalue weighted by molar-refractivity contribution is 0.158. The maximum Gasteiger partial charge on any atom is 0.304 e. The number of halogens is 2. The van der Waals surface area contributed by atoms with Crippen LogP contribution in [-0.2, 0) is 21.5 Å². The molecule has 0 unspecified atom stereocenters. The molecule has 8 nitrogen and oxygen atoms in total. The van der Waals surface area contributed by atoms with E-state index in [2.05, 4.69) is 16.2 Å². The number of hydrogen-bond acceptors (Lipinski definition) is 6. The number of pyridine rings is 1. The molecule has 1 aliphatic carbocycles. The first-order chi connectivity index (χ1) is 16.4. The first-order valence-electron chi connectivity index (χ1n) is 11.4. The minimum Gasteiger partial charge on any atom is -0.494 e. The van der Waals surface area contributed by atoms with Crippen LogP contribution in [-0.4, -0.2) is 56.3 Å². The Hall–Kier alpha value is -2.43.